The van der Waals surface area contributed by atoms with E-state index in [0.717, 1.165) is 31.0 Å². The van der Waals surface area contributed by atoms with E-state index >= 15 is 0 Å². The van der Waals surface area contributed by atoms with Gasteiger partial charge in [0, 0.05) is 18.3 Å². The van der Waals surface area contributed by atoms with E-state index in [4.69, 9.17) is 4.74 Å². The van der Waals surface area contributed by atoms with Crippen LogP contribution in [0.3, 0.4) is 0 Å². The number of pyridine rings is 1. The first-order valence-electron chi connectivity index (χ1n) is 6.44. The summed E-state index contributed by atoms with van der Waals surface area (Å²) in [5.41, 5.74) is 1.13. The lowest BCUT2D eigenvalue weighted by molar-refractivity contribution is 0.183. The lowest BCUT2D eigenvalue weighted by Crippen LogP contribution is -2.18. The van der Waals surface area contributed by atoms with Crippen LogP contribution in [0, 0.1) is 5.92 Å². The summed E-state index contributed by atoms with van der Waals surface area (Å²) in [5, 5.41) is 3.30. The van der Waals surface area contributed by atoms with Crippen LogP contribution in [-0.2, 0) is 6.54 Å². The number of aromatic nitrogens is 1. The predicted molar refractivity (Wildman–Crippen MR) is 71.2 cm³/mol. The summed E-state index contributed by atoms with van der Waals surface area (Å²) >= 11 is 0. The Morgan fingerprint density at radius 3 is 2.76 bits per heavy atom. The molecule has 0 saturated heterocycles. The maximum atomic E-state index is 5.90. The zero-order valence-electron chi connectivity index (χ0n) is 11.4. The van der Waals surface area contributed by atoms with E-state index in [-0.39, 0.29) is 6.10 Å². The molecular weight excluding hydrogens is 212 g/mol. The van der Waals surface area contributed by atoms with E-state index in [1.54, 1.807) is 6.20 Å². The number of hydrogen-bond donors (Lipinski definition) is 1. The molecule has 3 heteroatoms. The third-order valence-electron chi connectivity index (χ3n) is 2.53. The standard InChI is InChI=1S/C14H24N2O/c1-5-15-10-13-7-6-8-16-14(13)17-12(4)9-11(2)3/h6-8,11-12,15H,5,9-10H2,1-4H3. The van der Waals surface area contributed by atoms with E-state index in [9.17, 15) is 0 Å². The lowest BCUT2D eigenvalue weighted by Gasteiger charge is -2.18. The average Bonchev–Trinajstić information content (AvgIpc) is 2.26. The largest absolute Gasteiger partial charge is 0.474 e. The van der Waals surface area contributed by atoms with Crippen LogP contribution in [0.5, 0.6) is 5.88 Å². The van der Waals surface area contributed by atoms with E-state index in [2.05, 4.69) is 44.1 Å². The minimum atomic E-state index is 0.213. The van der Waals surface area contributed by atoms with E-state index in [1.807, 2.05) is 6.07 Å². The van der Waals surface area contributed by atoms with Gasteiger partial charge in [-0.1, -0.05) is 26.8 Å². The Morgan fingerprint density at radius 1 is 1.35 bits per heavy atom. The molecule has 0 saturated carbocycles. The first-order valence-corrected chi connectivity index (χ1v) is 6.44. The fraction of sp³-hybridized carbons (Fsp3) is 0.643. The van der Waals surface area contributed by atoms with Gasteiger partial charge in [0.05, 0.1) is 6.10 Å². The van der Waals surface area contributed by atoms with Crippen molar-refractivity contribution < 1.29 is 4.74 Å². The van der Waals surface area contributed by atoms with Crippen LogP contribution in [0.1, 0.15) is 39.7 Å². The second-order valence-electron chi connectivity index (χ2n) is 4.81. The van der Waals surface area contributed by atoms with Gasteiger partial charge in [-0.05, 0) is 31.9 Å². The monoisotopic (exact) mass is 236 g/mol. The Morgan fingerprint density at radius 2 is 2.12 bits per heavy atom. The molecule has 1 unspecified atom stereocenters. The molecule has 0 amide bonds. The Kier molecular flexibility index (Phi) is 5.98. The van der Waals surface area contributed by atoms with E-state index in [1.165, 1.54) is 0 Å². The Balaban J connectivity index is 2.62. The highest BCUT2D eigenvalue weighted by Crippen LogP contribution is 2.18. The average molecular weight is 236 g/mol. The van der Waals surface area contributed by atoms with Crippen molar-refractivity contribution in [2.75, 3.05) is 6.54 Å². The third kappa shape index (κ3) is 5.18. The summed E-state index contributed by atoms with van der Waals surface area (Å²) in [6.07, 6.45) is 3.05. The molecule has 0 aliphatic rings. The summed E-state index contributed by atoms with van der Waals surface area (Å²) in [5.74, 6) is 1.41. The normalized spacial score (nSPS) is 12.8. The predicted octanol–water partition coefficient (Wildman–Crippen LogP) is 3.00. The van der Waals surface area contributed by atoms with Crippen LogP contribution in [0.15, 0.2) is 18.3 Å². The first kappa shape index (κ1) is 14.0. The molecular formula is C14H24N2O. The second-order valence-corrected chi connectivity index (χ2v) is 4.81. The van der Waals surface area contributed by atoms with E-state index in [0.29, 0.717) is 5.92 Å². The van der Waals surface area contributed by atoms with Gasteiger partial charge in [-0.25, -0.2) is 4.98 Å². The molecule has 0 aromatic carbocycles. The molecule has 96 valence electrons. The molecule has 1 rings (SSSR count). The highest BCUT2D eigenvalue weighted by molar-refractivity contribution is 5.25. The molecule has 1 N–H and O–H groups in total. The summed E-state index contributed by atoms with van der Waals surface area (Å²) in [6, 6.07) is 4.01. The van der Waals surface area contributed by atoms with Gasteiger partial charge >= 0.3 is 0 Å². The van der Waals surface area contributed by atoms with Crippen molar-refractivity contribution >= 4 is 0 Å². The second kappa shape index (κ2) is 7.28. The zero-order valence-corrected chi connectivity index (χ0v) is 11.4. The Hall–Kier alpha value is -1.09. The quantitative estimate of drug-likeness (QED) is 0.790. The van der Waals surface area contributed by atoms with Gasteiger partial charge in [-0.3, -0.25) is 0 Å². The molecule has 17 heavy (non-hydrogen) atoms. The number of nitrogens with one attached hydrogen (secondary N) is 1. The van der Waals surface area contributed by atoms with Gasteiger partial charge in [-0.15, -0.1) is 0 Å². The van der Waals surface area contributed by atoms with Gasteiger partial charge in [0.1, 0.15) is 0 Å². The van der Waals surface area contributed by atoms with Crippen molar-refractivity contribution in [2.24, 2.45) is 5.92 Å². The van der Waals surface area contributed by atoms with E-state index < -0.39 is 0 Å². The van der Waals surface area contributed by atoms with Crippen molar-refractivity contribution in [3.63, 3.8) is 0 Å². The summed E-state index contributed by atoms with van der Waals surface area (Å²) in [4.78, 5) is 4.32. The lowest BCUT2D eigenvalue weighted by atomic mass is 10.1. The molecule has 0 fully saturated rings. The molecule has 0 spiro atoms. The van der Waals surface area contributed by atoms with Gasteiger partial charge in [0.15, 0.2) is 0 Å². The highest BCUT2D eigenvalue weighted by atomic mass is 16.5. The van der Waals surface area contributed by atoms with Gasteiger partial charge < -0.3 is 10.1 Å². The molecule has 0 aliphatic carbocycles. The minimum Gasteiger partial charge on any atom is -0.474 e. The van der Waals surface area contributed by atoms with Crippen LogP contribution < -0.4 is 10.1 Å². The van der Waals surface area contributed by atoms with Crippen molar-refractivity contribution in [1.29, 1.82) is 0 Å². The molecule has 3 nitrogen and oxygen atoms in total. The maximum absolute atomic E-state index is 5.90. The maximum Gasteiger partial charge on any atom is 0.218 e. The van der Waals surface area contributed by atoms with Gasteiger partial charge in [0.25, 0.3) is 0 Å². The van der Waals surface area contributed by atoms with Crippen LogP contribution in [0.25, 0.3) is 0 Å². The molecule has 1 aromatic heterocycles. The molecule has 1 atom stereocenters. The fourth-order valence-corrected chi connectivity index (χ4v) is 1.83. The van der Waals surface area contributed by atoms with Crippen molar-refractivity contribution in [2.45, 2.75) is 46.8 Å². The molecule has 1 aromatic rings. The smallest absolute Gasteiger partial charge is 0.218 e. The summed E-state index contributed by atoms with van der Waals surface area (Å²) in [6.45, 7) is 10.4. The molecule has 1 heterocycles. The topological polar surface area (TPSA) is 34.2 Å². The van der Waals surface area contributed by atoms with Crippen LogP contribution >= 0.6 is 0 Å². The fourth-order valence-electron chi connectivity index (χ4n) is 1.83. The van der Waals surface area contributed by atoms with Crippen molar-refractivity contribution in [3.05, 3.63) is 23.9 Å². The highest BCUT2D eigenvalue weighted by Gasteiger charge is 2.10. The molecule has 0 bridgehead atoms. The number of hydrogen-bond acceptors (Lipinski definition) is 3. The van der Waals surface area contributed by atoms with Crippen molar-refractivity contribution in [1.82, 2.24) is 10.3 Å². The van der Waals surface area contributed by atoms with Gasteiger partial charge in [-0.2, -0.15) is 0 Å². The molecule has 0 radical (unpaired) electrons. The number of ether oxygens (including phenoxy) is 1. The number of rotatable bonds is 7. The van der Waals surface area contributed by atoms with Crippen LogP contribution in [0.4, 0.5) is 0 Å². The third-order valence-corrected chi connectivity index (χ3v) is 2.53. The number of nitrogens with zero attached hydrogens (tertiary/aromatic N) is 1. The minimum absolute atomic E-state index is 0.213. The Bertz CT molecular complexity index is 326. The van der Waals surface area contributed by atoms with Crippen molar-refractivity contribution in [3.8, 4) is 5.88 Å². The summed E-state index contributed by atoms with van der Waals surface area (Å²) in [7, 11) is 0. The van der Waals surface area contributed by atoms with Crippen LogP contribution in [0.2, 0.25) is 0 Å². The summed E-state index contributed by atoms with van der Waals surface area (Å²) < 4.78 is 5.90. The van der Waals surface area contributed by atoms with Gasteiger partial charge in [0.2, 0.25) is 5.88 Å². The SMILES string of the molecule is CCNCc1cccnc1OC(C)CC(C)C. The molecule has 0 aliphatic heterocycles. The zero-order chi connectivity index (χ0) is 12.7. The first-order chi connectivity index (χ1) is 8.13. The van der Waals surface area contributed by atoms with Crippen LogP contribution in [-0.4, -0.2) is 17.6 Å². The Labute approximate surface area is 105 Å².